The van der Waals surface area contributed by atoms with Gasteiger partial charge in [-0.25, -0.2) is 0 Å². The Labute approximate surface area is 154 Å². The molecule has 24 heavy (non-hydrogen) atoms. The topological polar surface area (TPSA) is 12.0 Å². The molecule has 0 amide bonds. The minimum absolute atomic E-state index is 0.633. The van der Waals surface area contributed by atoms with Crippen molar-refractivity contribution in [3.63, 3.8) is 0 Å². The lowest BCUT2D eigenvalue weighted by Crippen LogP contribution is -2.34. The van der Waals surface area contributed by atoms with E-state index in [1.54, 1.807) is 0 Å². The molecule has 0 aliphatic rings. The molecule has 1 heteroatoms. The molecule has 0 radical (unpaired) electrons. The van der Waals surface area contributed by atoms with Crippen molar-refractivity contribution in [3.05, 3.63) is 0 Å². The van der Waals surface area contributed by atoms with E-state index in [4.69, 9.17) is 0 Å². The molecule has 146 valence electrons. The zero-order chi connectivity index (χ0) is 17.9. The fourth-order valence-electron chi connectivity index (χ4n) is 3.65. The quantitative estimate of drug-likeness (QED) is 0.235. The summed E-state index contributed by atoms with van der Waals surface area (Å²) in [6.07, 6.45) is 24.3. The molecule has 0 bridgehead atoms. The molecular formula is C23H49N. The maximum absolute atomic E-state index is 3.81. The Hall–Kier alpha value is -0.0400. The van der Waals surface area contributed by atoms with Crippen LogP contribution in [0.2, 0.25) is 0 Å². The van der Waals surface area contributed by atoms with Gasteiger partial charge in [0.15, 0.2) is 0 Å². The number of nitrogens with one attached hydrogen (secondary N) is 1. The predicted molar refractivity (Wildman–Crippen MR) is 112 cm³/mol. The van der Waals surface area contributed by atoms with Gasteiger partial charge in [0.25, 0.3) is 0 Å². The van der Waals surface area contributed by atoms with Crippen molar-refractivity contribution in [2.45, 2.75) is 149 Å². The third kappa shape index (κ3) is 18.3. The van der Waals surface area contributed by atoms with Crippen LogP contribution in [0.15, 0.2) is 0 Å². The molecule has 1 unspecified atom stereocenters. The SMILES string of the molecule is CCCCCCCCCCC(CCCCCCCCC)NC(C)C. The van der Waals surface area contributed by atoms with E-state index in [0.29, 0.717) is 6.04 Å². The lowest BCUT2D eigenvalue weighted by molar-refractivity contribution is 0.385. The molecule has 0 aromatic heterocycles. The third-order valence-corrected chi connectivity index (χ3v) is 5.13. The van der Waals surface area contributed by atoms with Gasteiger partial charge in [-0.1, -0.05) is 124 Å². The van der Waals surface area contributed by atoms with Crippen molar-refractivity contribution in [3.8, 4) is 0 Å². The Morgan fingerprint density at radius 3 is 1.17 bits per heavy atom. The lowest BCUT2D eigenvalue weighted by atomic mass is 9.99. The summed E-state index contributed by atoms with van der Waals surface area (Å²) in [5.74, 6) is 0. The molecule has 0 fully saturated rings. The summed E-state index contributed by atoms with van der Waals surface area (Å²) in [6.45, 7) is 9.19. The van der Waals surface area contributed by atoms with Crippen LogP contribution in [0.4, 0.5) is 0 Å². The van der Waals surface area contributed by atoms with Gasteiger partial charge in [0.2, 0.25) is 0 Å². The van der Waals surface area contributed by atoms with Gasteiger partial charge in [-0.05, 0) is 12.8 Å². The number of hydrogen-bond donors (Lipinski definition) is 1. The number of unbranched alkanes of at least 4 members (excludes halogenated alkanes) is 13. The summed E-state index contributed by atoms with van der Waals surface area (Å²) in [5.41, 5.74) is 0. The van der Waals surface area contributed by atoms with Crippen molar-refractivity contribution < 1.29 is 0 Å². The normalized spacial score (nSPS) is 12.9. The molecule has 0 rings (SSSR count). The molecular weight excluding hydrogens is 290 g/mol. The van der Waals surface area contributed by atoms with Crippen LogP contribution >= 0.6 is 0 Å². The van der Waals surface area contributed by atoms with Crippen LogP contribution in [-0.2, 0) is 0 Å². The minimum atomic E-state index is 0.633. The van der Waals surface area contributed by atoms with Crippen LogP contribution in [0.1, 0.15) is 137 Å². The number of rotatable bonds is 19. The molecule has 0 saturated heterocycles. The van der Waals surface area contributed by atoms with Gasteiger partial charge in [-0.2, -0.15) is 0 Å². The largest absolute Gasteiger partial charge is 0.312 e. The van der Waals surface area contributed by atoms with Crippen LogP contribution in [0, 0.1) is 0 Å². The lowest BCUT2D eigenvalue weighted by Gasteiger charge is -2.21. The first-order chi connectivity index (χ1) is 11.7. The van der Waals surface area contributed by atoms with Crippen molar-refractivity contribution >= 4 is 0 Å². The van der Waals surface area contributed by atoms with Crippen molar-refractivity contribution in [1.82, 2.24) is 5.32 Å². The highest BCUT2D eigenvalue weighted by Gasteiger charge is 2.09. The first kappa shape index (κ1) is 24.0. The molecule has 0 saturated carbocycles. The second kappa shape index (κ2) is 19.3. The van der Waals surface area contributed by atoms with E-state index in [2.05, 4.69) is 33.0 Å². The molecule has 1 N–H and O–H groups in total. The van der Waals surface area contributed by atoms with E-state index in [1.807, 2.05) is 0 Å². The van der Waals surface area contributed by atoms with Gasteiger partial charge in [0.1, 0.15) is 0 Å². The second-order valence-corrected chi connectivity index (χ2v) is 8.19. The van der Waals surface area contributed by atoms with Crippen LogP contribution < -0.4 is 5.32 Å². The smallest absolute Gasteiger partial charge is 0.00694 e. The maximum atomic E-state index is 3.81. The predicted octanol–water partition coefficient (Wildman–Crippen LogP) is 8.02. The Balaban J connectivity index is 3.59. The van der Waals surface area contributed by atoms with Gasteiger partial charge >= 0.3 is 0 Å². The fourth-order valence-corrected chi connectivity index (χ4v) is 3.65. The molecule has 0 aromatic carbocycles. The summed E-state index contributed by atoms with van der Waals surface area (Å²) in [7, 11) is 0. The zero-order valence-electron chi connectivity index (χ0n) is 17.7. The van der Waals surface area contributed by atoms with Gasteiger partial charge < -0.3 is 5.32 Å². The van der Waals surface area contributed by atoms with Crippen LogP contribution in [0.5, 0.6) is 0 Å². The highest BCUT2D eigenvalue weighted by Crippen LogP contribution is 2.15. The molecule has 1 nitrogen and oxygen atoms in total. The minimum Gasteiger partial charge on any atom is -0.312 e. The second-order valence-electron chi connectivity index (χ2n) is 8.19. The summed E-state index contributed by atoms with van der Waals surface area (Å²) < 4.78 is 0. The third-order valence-electron chi connectivity index (χ3n) is 5.13. The van der Waals surface area contributed by atoms with Crippen molar-refractivity contribution in [2.24, 2.45) is 0 Å². The maximum Gasteiger partial charge on any atom is 0.00694 e. The molecule has 0 aliphatic heterocycles. The standard InChI is InChI=1S/C23H49N/c1-5-7-9-11-13-15-17-19-21-23(24-22(3)4)20-18-16-14-12-10-8-6-2/h22-24H,5-21H2,1-4H3. The molecule has 0 spiro atoms. The molecule has 0 aliphatic carbocycles. The first-order valence-electron chi connectivity index (χ1n) is 11.5. The highest BCUT2D eigenvalue weighted by molar-refractivity contribution is 4.69. The van der Waals surface area contributed by atoms with Gasteiger partial charge in [0, 0.05) is 12.1 Å². The average Bonchev–Trinajstić information content (AvgIpc) is 2.55. The molecule has 0 aromatic rings. The Morgan fingerprint density at radius 2 is 0.833 bits per heavy atom. The Morgan fingerprint density at radius 1 is 0.500 bits per heavy atom. The summed E-state index contributed by atoms with van der Waals surface area (Å²) in [5, 5.41) is 3.81. The molecule has 0 heterocycles. The Kier molecular flexibility index (Phi) is 19.3. The van der Waals surface area contributed by atoms with E-state index >= 15 is 0 Å². The van der Waals surface area contributed by atoms with Gasteiger partial charge in [-0.15, -0.1) is 0 Å². The van der Waals surface area contributed by atoms with Crippen LogP contribution in [0.25, 0.3) is 0 Å². The summed E-state index contributed by atoms with van der Waals surface area (Å²) in [4.78, 5) is 0. The molecule has 1 atom stereocenters. The van der Waals surface area contributed by atoms with Crippen LogP contribution in [-0.4, -0.2) is 12.1 Å². The number of hydrogen-bond acceptors (Lipinski definition) is 1. The first-order valence-corrected chi connectivity index (χ1v) is 11.5. The summed E-state index contributed by atoms with van der Waals surface area (Å²) in [6, 6.07) is 1.40. The zero-order valence-corrected chi connectivity index (χ0v) is 17.7. The van der Waals surface area contributed by atoms with Crippen molar-refractivity contribution in [2.75, 3.05) is 0 Å². The monoisotopic (exact) mass is 339 g/mol. The fraction of sp³-hybridized carbons (Fsp3) is 1.00. The van der Waals surface area contributed by atoms with Crippen molar-refractivity contribution in [1.29, 1.82) is 0 Å². The van der Waals surface area contributed by atoms with E-state index < -0.39 is 0 Å². The van der Waals surface area contributed by atoms with Gasteiger partial charge in [-0.3, -0.25) is 0 Å². The highest BCUT2D eigenvalue weighted by atomic mass is 14.9. The van der Waals surface area contributed by atoms with Gasteiger partial charge in [0.05, 0.1) is 0 Å². The van der Waals surface area contributed by atoms with E-state index in [0.717, 1.165) is 6.04 Å². The average molecular weight is 340 g/mol. The summed E-state index contributed by atoms with van der Waals surface area (Å²) >= 11 is 0. The van der Waals surface area contributed by atoms with E-state index in [9.17, 15) is 0 Å². The van der Waals surface area contributed by atoms with E-state index in [-0.39, 0.29) is 0 Å². The van der Waals surface area contributed by atoms with E-state index in [1.165, 1.54) is 109 Å². The van der Waals surface area contributed by atoms with Crippen LogP contribution in [0.3, 0.4) is 0 Å². The Bertz CT molecular complexity index is 224.